The topological polar surface area (TPSA) is 86.4 Å². The van der Waals surface area contributed by atoms with Gasteiger partial charge in [-0.2, -0.15) is 13.2 Å². The molecule has 1 aromatic heterocycles. The minimum Gasteiger partial charge on any atom is -0.377 e. The SMILES string of the molecule is Cc1cc(-c2ccc([N+](=O)[O-])c(NCCOCC(F)(F)F)c2)cn(C)c1=O. The summed E-state index contributed by atoms with van der Waals surface area (Å²) in [5.41, 5.74) is 1.61. The van der Waals surface area contributed by atoms with Crippen molar-refractivity contribution in [2.45, 2.75) is 13.1 Å². The maximum absolute atomic E-state index is 12.1. The second-order valence-electron chi connectivity index (χ2n) is 5.91. The fourth-order valence-electron chi connectivity index (χ4n) is 2.50. The average Bonchev–Trinajstić information content (AvgIpc) is 2.57. The van der Waals surface area contributed by atoms with Gasteiger partial charge in [-0.25, -0.2) is 0 Å². The second-order valence-corrected chi connectivity index (χ2v) is 5.91. The Morgan fingerprint density at radius 1 is 1.26 bits per heavy atom. The molecule has 1 N–H and O–H groups in total. The number of ether oxygens (including phenoxy) is 1. The molecule has 0 radical (unpaired) electrons. The number of aryl methyl sites for hydroxylation is 2. The molecule has 0 spiro atoms. The molecule has 0 aliphatic rings. The normalized spacial score (nSPS) is 11.4. The van der Waals surface area contributed by atoms with E-state index in [-0.39, 0.29) is 30.1 Å². The molecule has 0 saturated carbocycles. The predicted molar refractivity (Wildman–Crippen MR) is 93.9 cm³/mol. The first-order valence-corrected chi connectivity index (χ1v) is 7.93. The molecule has 7 nitrogen and oxygen atoms in total. The molecule has 10 heteroatoms. The number of nitrogens with zero attached hydrogens (tertiary/aromatic N) is 2. The zero-order chi connectivity index (χ0) is 20.2. The summed E-state index contributed by atoms with van der Waals surface area (Å²) in [6, 6.07) is 6.03. The monoisotopic (exact) mass is 385 g/mol. The van der Waals surface area contributed by atoms with E-state index in [9.17, 15) is 28.1 Å². The largest absolute Gasteiger partial charge is 0.411 e. The lowest BCUT2D eigenvalue weighted by Gasteiger charge is -2.12. The van der Waals surface area contributed by atoms with Crippen LogP contribution in [0.15, 0.2) is 35.3 Å². The first kappa shape index (κ1) is 20.4. The predicted octanol–water partition coefficient (Wildman–Crippen LogP) is 3.26. The standard InChI is InChI=1S/C17H18F3N3O4/c1-11-7-13(9-22(2)16(11)24)12-3-4-15(23(25)26)14(8-12)21-5-6-27-10-17(18,19)20/h3-4,7-9,21H,5-6,10H2,1-2H3. The maximum atomic E-state index is 12.1. The Hall–Kier alpha value is -2.88. The third-order valence-electron chi connectivity index (χ3n) is 3.72. The van der Waals surface area contributed by atoms with Gasteiger partial charge in [0, 0.05) is 31.4 Å². The van der Waals surface area contributed by atoms with Crippen molar-refractivity contribution in [1.82, 2.24) is 4.57 Å². The summed E-state index contributed by atoms with van der Waals surface area (Å²) in [6.45, 7) is -0.0188. The molecule has 0 unspecified atom stereocenters. The maximum Gasteiger partial charge on any atom is 0.411 e. The van der Waals surface area contributed by atoms with Gasteiger partial charge < -0.3 is 14.6 Å². The highest BCUT2D eigenvalue weighted by Gasteiger charge is 2.27. The summed E-state index contributed by atoms with van der Waals surface area (Å²) in [7, 11) is 1.60. The van der Waals surface area contributed by atoms with E-state index >= 15 is 0 Å². The van der Waals surface area contributed by atoms with Crippen molar-refractivity contribution >= 4 is 11.4 Å². The van der Waals surface area contributed by atoms with Gasteiger partial charge in [0.25, 0.3) is 11.2 Å². The Morgan fingerprint density at radius 2 is 1.96 bits per heavy atom. The molecular formula is C17H18F3N3O4. The summed E-state index contributed by atoms with van der Waals surface area (Å²) in [4.78, 5) is 22.4. The molecule has 2 aromatic rings. The first-order chi connectivity index (χ1) is 12.6. The lowest BCUT2D eigenvalue weighted by Crippen LogP contribution is -2.20. The number of benzene rings is 1. The fraction of sp³-hybridized carbons (Fsp3) is 0.353. The van der Waals surface area contributed by atoms with Crippen LogP contribution in [-0.2, 0) is 11.8 Å². The van der Waals surface area contributed by atoms with E-state index in [0.29, 0.717) is 16.7 Å². The van der Waals surface area contributed by atoms with Crippen LogP contribution in [0.1, 0.15) is 5.56 Å². The number of nitro groups is 1. The number of pyridine rings is 1. The van der Waals surface area contributed by atoms with Crippen molar-refractivity contribution in [3.63, 3.8) is 0 Å². The number of halogens is 3. The zero-order valence-electron chi connectivity index (χ0n) is 14.7. The van der Waals surface area contributed by atoms with Gasteiger partial charge in [-0.3, -0.25) is 14.9 Å². The van der Waals surface area contributed by atoms with Crippen molar-refractivity contribution in [2.75, 3.05) is 25.1 Å². The molecule has 2 rings (SSSR count). The van der Waals surface area contributed by atoms with E-state index in [1.807, 2.05) is 0 Å². The summed E-state index contributed by atoms with van der Waals surface area (Å²) in [5, 5.41) is 13.9. The molecule has 0 fully saturated rings. The molecule has 0 bridgehead atoms. The molecule has 1 aromatic carbocycles. The average molecular weight is 385 g/mol. The van der Waals surface area contributed by atoms with Crippen LogP contribution in [0.2, 0.25) is 0 Å². The fourth-order valence-corrected chi connectivity index (χ4v) is 2.50. The van der Waals surface area contributed by atoms with Gasteiger partial charge in [-0.15, -0.1) is 0 Å². The molecule has 0 atom stereocenters. The van der Waals surface area contributed by atoms with Crippen LogP contribution in [0.4, 0.5) is 24.5 Å². The number of rotatable bonds is 7. The Kier molecular flexibility index (Phi) is 6.21. The second kappa shape index (κ2) is 8.21. The number of alkyl halides is 3. The lowest BCUT2D eigenvalue weighted by atomic mass is 10.0. The summed E-state index contributed by atoms with van der Waals surface area (Å²) < 4.78 is 42.0. The van der Waals surface area contributed by atoms with Crippen molar-refractivity contribution in [3.8, 4) is 11.1 Å². The van der Waals surface area contributed by atoms with E-state index in [1.165, 1.54) is 16.7 Å². The van der Waals surface area contributed by atoms with Crippen LogP contribution in [0, 0.1) is 17.0 Å². The van der Waals surface area contributed by atoms with Gasteiger partial charge in [-0.1, -0.05) is 0 Å². The van der Waals surface area contributed by atoms with Crippen molar-refractivity contribution in [2.24, 2.45) is 7.05 Å². The Labute approximate surface area is 152 Å². The lowest BCUT2D eigenvalue weighted by molar-refractivity contribution is -0.383. The summed E-state index contributed by atoms with van der Waals surface area (Å²) >= 11 is 0. The van der Waals surface area contributed by atoms with Crippen molar-refractivity contribution < 1.29 is 22.8 Å². The van der Waals surface area contributed by atoms with E-state index in [4.69, 9.17) is 0 Å². The van der Waals surface area contributed by atoms with Gasteiger partial charge in [0.1, 0.15) is 12.3 Å². The molecule has 27 heavy (non-hydrogen) atoms. The van der Waals surface area contributed by atoms with Gasteiger partial charge in [-0.05, 0) is 36.2 Å². The van der Waals surface area contributed by atoms with Crippen molar-refractivity contribution in [3.05, 3.63) is 56.5 Å². The molecule has 0 amide bonds. The highest BCUT2D eigenvalue weighted by atomic mass is 19.4. The highest BCUT2D eigenvalue weighted by molar-refractivity contribution is 5.74. The van der Waals surface area contributed by atoms with Gasteiger partial charge in [0.15, 0.2) is 0 Å². The quantitative estimate of drug-likeness (QED) is 0.449. The molecule has 0 aliphatic heterocycles. The smallest absolute Gasteiger partial charge is 0.377 e. The van der Waals surface area contributed by atoms with E-state index in [0.717, 1.165) is 0 Å². The van der Waals surface area contributed by atoms with Crippen LogP contribution >= 0.6 is 0 Å². The molecule has 1 heterocycles. The van der Waals surface area contributed by atoms with Crippen LogP contribution in [0.25, 0.3) is 11.1 Å². The van der Waals surface area contributed by atoms with Gasteiger partial charge in [0.05, 0.1) is 11.5 Å². The highest BCUT2D eigenvalue weighted by Crippen LogP contribution is 2.30. The first-order valence-electron chi connectivity index (χ1n) is 7.93. The van der Waals surface area contributed by atoms with Crippen LogP contribution < -0.4 is 10.9 Å². The Balaban J connectivity index is 2.21. The number of nitrogens with one attached hydrogen (secondary N) is 1. The minimum atomic E-state index is -4.42. The third-order valence-corrected chi connectivity index (χ3v) is 3.72. The minimum absolute atomic E-state index is 0.0350. The summed E-state index contributed by atoms with van der Waals surface area (Å²) in [5.74, 6) is 0. The van der Waals surface area contributed by atoms with Crippen LogP contribution in [0.5, 0.6) is 0 Å². The van der Waals surface area contributed by atoms with E-state index < -0.39 is 17.7 Å². The van der Waals surface area contributed by atoms with Gasteiger partial charge >= 0.3 is 6.18 Å². The summed E-state index contributed by atoms with van der Waals surface area (Å²) in [6.07, 6.45) is -2.82. The van der Waals surface area contributed by atoms with Gasteiger partial charge in [0.2, 0.25) is 0 Å². The number of hydrogen-bond donors (Lipinski definition) is 1. The number of nitro benzene ring substituents is 1. The molecule has 0 aliphatic carbocycles. The molecule has 146 valence electrons. The number of hydrogen-bond acceptors (Lipinski definition) is 5. The van der Waals surface area contributed by atoms with E-state index in [1.54, 1.807) is 32.3 Å². The Morgan fingerprint density at radius 3 is 2.56 bits per heavy atom. The Bertz CT molecular complexity index is 868. The number of anilines is 1. The van der Waals surface area contributed by atoms with Crippen LogP contribution in [0.3, 0.4) is 0 Å². The molecule has 0 saturated heterocycles. The zero-order valence-corrected chi connectivity index (χ0v) is 14.7. The van der Waals surface area contributed by atoms with E-state index in [2.05, 4.69) is 10.1 Å². The number of aromatic nitrogens is 1. The molecular weight excluding hydrogens is 367 g/mol. The third kappa shape index (κ3) is 5.55. The van der Waals surface area contributed by atoms with Crippen molar-refractivity contribution in [1.29, 1.82) is 0 Å². The van der Waals surface area contributed by atoms with Crippen LogP contribution in [-0.4, -0.2) is 35.4 Å².